The van der Waals surface area contributed by atoms with E-state index in [-0.39, 0.29) is 6.10 Å². The van der Waals surface area contributed by atoms with Crippen molar-refractivity contribution >= 4 is 8.56 Å². The van der Waals surface area contributed by atoms with Crippen LogP contribution in [0.25, 0.3) is 0 Å². The van der Waals surface area contributed by atoms with Gasteiger partial charge in [0.1, 0.15) is 0 Å². The predicted molar refractivity (Wildman–Crippen MR) is 71.2 cm³/mol. The van der Waals surface area contributed by atoms with E-state index in [2.05, 4.69) is 13.1 Å². The highest BCUT2D eigenvalue weighted by Crippen LogP contribution is 2.21. The van der Waals surface area contributed by atoms with E-state index in [1.807, 2.05) is 25.1 Å². The van der Waals surface area contributed by atoms with Crippen molar-refractivity contribution in [3.05, 3.63) is 12.8 Å². The quantitative estimate of drug-likeness (QED) is 0.706. The summed E-state index contributed by atoms with van der Waals surface area (Å²) in [7, 11) is -0.00804. The van der Waals surface area contributed by atoms with E-state index < -0.39 is 8.56 Å². The Hall–Kier alpha value is -0.363. The first kappa shape index (κ1) is 14.7. The summed E-state index contributed by atoms with van der Waals surface area (Å²) in [5, 5.41) is 0. The second-order valence-corrected chi connectivity index (χ2v) is 7.90. The molecule has 0 amide bonds. The Kier molecular flexibility index (Phi) is 6.19. The van der Waals surface area contributed by atoms with Crippen LogP contribution in [0.15, 0.2) is 12.8 Å². The van der Waals surface area contributed by atoms with Gasteiger partial charge in [0, 0.05) is 26.8 Å². The van der Waals surface area contributed by atoms with Crippen molar-refractivity contribution in [2.24, 2.45) is 0 Å². The third-order valence-corrected chi connectivity index (χ3v) is 5.89. The summed E-state index contributed by atoms with van der Waals surface area (Å²) in [6, 6.07) is 1.01. The smallest absolute Gasteiger partial charge is 0.335 e. The highest BCUT2D eigenvalue weighted by Gasteiger charge is 2.35. The van der Waals surface area contributed by atoms with Crippen molar-refractivity contribution in [2.75, 3.05) is 33.4 Å². The summed E-state index contributed by atoms with van der Waals surface area (Å²) in [6.07, 6.45) is 2.93. The predicted octanol–water partition coefficient (Wildman–Crippen LogP) is 1.98. The minimum atomic E-state index is -2.00. The molecule has 0 bridgehead atoms. The standard InChI is InChI=1S/C12H25NO3Si/c1-5-13(3)10-12-11-14-8-7-9-17(4,16-12)15-6-2/h5,12H,1,6-11H2,2-4H3. The van der Waals surface area contributed by atoms with Crippen LogP contribution in [-0.2, 0) is 13.6 Å². The average Bonchev–Trinajstić information content (AvgIpc) is 2.26. The molecule has 4 nitrogen and oxygen atoms in total. The molecule has 1 saturated heterocycles. The van der Waals surface area contributed by atoms with E-state index in [4.69, 9.17) is 13.6 Å². The maximum absolute atomic E-state index is 6.19. The largest absolute Gasteiger partial charge is 0.395 e. The van der Waals surface area contributed by atoms with E-state index in [1.165, 1.54) is 0 Å². The summed E-state index contributed by atoms with van der Waals surface area (Å²) >= 11 is 0. The molecule has 0 saturated carbocycles. The van der Waals surface area contributed by atoms with E-state index in [0.717, 1.165) is 32.2 Å². The van der Waals surface area contributed by atoms with Crippen molar-refractivity contribution in [2.45, 2.75) is 32.0 Å². The SMILES string of the molecule is C=CN(C)CC1COCCC[Si](C)(OCC)O1. The third kappa shape index (κ3) is 5.20. The molecule has 2 atom stereocenters. The molecule has 0 radical (unpaired) electrons. The van der Waals surface area contributed by atoms with Crippen LogP contribution in [0.2, 0.25) is 12.6 Å². The zero-order valence-corrected chi connectivity index (χ0v) is 12.3. The second-order valence-electron chi connectivity index (χ2n) is 4.61. The van der Waals surface area contributed by atoms with Gasteiger partial charge in [-0.1, -0.05) is 6.58 Å². The molecule has 17 heavy (non-hydrogen) atoms. The van der Waals surface area contributed by atoms with E-state index in [0.29, 0.717) is 6.61 Å². The fourth-order valence-corrected chi connectivity index (χ4v) is 4.63. The molecule has 0 aromatic rings. The lowest BCUT2D eigenvalue weighted by Gasteiger charge is -2.34. The van der Waals surface area contributed by atoms with Crippen LogP contribution in [0.1, 0.15) is 13.3 Å². The third-order valence-electron chi connectivity index (χ3n) is 2.89. The molecule has 1 aliphatic heterocycles. The van der Waals surface area contributed by atoms with Gasteiger partial charge in [-0.2, -0.15) is 0 Å². The molecule has 0 spiro atoms. The summed E-state index contributed by atoms with van der Waals surface area (Å²) < 4.78 is 17.6. The fourth-order valence-electron chi connectivity index (χ4n) is 2.05. The fraction of sp³-hybridized carbons (Fsp3) is 0.833. The second kappa shape index (κ2) is 7.16. The van der Waals surface area contributed by atoms with E-state index >= 15 is 0 Å². The van der Waals surface area contributed by atoms with Gasteiger partial charge in [-0.05, 0) is 32.1 Å². The summed E-state index contributed by atoms with van der Waals surface area (Å²) in [5.74, 6) is 0. The Morgan fingerprint density at radius 1 is 1.59 bits per heavy atom. The van der Waals surface area contributed by atoms with Gasteiger partial charge in [0.25, 0.3) is 0 Å². The van der Waals surface area contributed by atoms with Crippen LogP contribution < -0.4 is 0 Å². The maximum Gasteiger partial charge on any atom is 0.335 e. The van der Waals surface area contributed by atoms with Gasteiger partial charge in [-0.15, -0.1) is 0 Å². The van der Waals surface area contributed by atoms with Gasteiger partial charge >= 0.3 is 8.56 Å². The van der Waals surface area contributed by atoms with Gasteiger partial charge in [0.15, 0.2) is 0 Å². The molecule has 0 aliphatic carbocycles. The molecule has 1 aliphatic rings. The molecule has 1 rings (SSSR count). The lowest BCUT2D eigenvalue weighted by Crippen LogP contribution is -2.47. The maximum atomic E-state index is 6.19. The molecular weight excluding hydrogens is 234 g/mol. The van der Waals surface area contributed by atoms with Crippen molar-refractivity contribution in [1.29, 1.82) is 0 Å². The Morgan fingerprint density at radius 3 is 3.00 bits per heavy atom. The first-order chi connectivity index (χ1) is 8.09. The number of nitrogens with zero attached hydrogens (tertiary/aromatic N) is 1. The van der Waals surface area contributed by atoms with Crippen LogP contribution in [0.4, 0.5) is 0 Å². The van der Waals surface area contributed by atoms with Crippen LogP contribution >= 0.6 is 0 Å². The molecule has 5 heteroatoms. The molecule has 1 heterocycles. The molecule has 0 N–H and O–H groups in total. The zero-order valence-electron chi connectivity index (χ0n) is 11.3. The van der Waals surface area contributed by atoms with Crippen LogP contribution in [0, 0.1) is 0 Å². The highest BCUT2D eigenvalue weighted by atomic mass is 28.4. The lowest BCUT2D eigenvalue weighted by atomic mass is 10.3. The zero-order chi connectivity index (χ0) is 12.7. The number of rotatable bonds is 5. The highest BCUT2D eigenvalue weighted by molar-refractivity contribution is 6.66. The number of likely N-dealkylation sites (N-methyl/N-ethyl adjacent to an activating group) is 1. The molecule has 0 aromatic heterocycles. The Balaban J connectivity index is 2.58. The minimum Gasteiger partial charge on any atom is -0.395 e. The number of ether oxygens (including phenoxy) is 1. The number of hydrogen-bond donors (Lipinski definition) is 0. The molecule has 100 valence electrons. The monoisotopic (exact) mass is 259 g/mol. The van der Waals surface area contributed by atoms with E-state index in [9.17, 15) is 0 Å². The van der Waals surface area contributed by atoms with Crippen molar-refractivity contribution in [3.63, 3.8) is 0 Å². The summed E-state index contributed by atoms with van der Waals surface area (Å²) in [5.41, 5.74) is 0. The van der Waals surface area contributed by atoms with E-state index in [1.54, 1.807) is 0 Å². The van der Waals surface area contributed by atoms with Gasteiger partial charge in [0.05, 0.1) is 12.7 Å². The lowest BCUT2D eigenvalue weighted by molar-refractivity contribution is 0.00600. The molecule has 1 fully saturated rings. The molecule has 2 unspecified atom stereocenters. The Labute approximate surface area is 106 Å². The van der Waals surface area contributed by atoms with Gasteiger partial charge in [-0.3, -0.25) is 0 Å². The van der Waals surface area contributed by atoms with Crippen LogP contribution in [0.5, 0.6) is 0 Å². The number of hydrogen-bond acceptors (Lipinski definition) is 4. The summed E-state index contributed by atoms with van der Waals surface area (Å²) in [4.78, 5) is 2.02. The van der Waals surface area contributed by atoms with Crippen LogP contribution in [-0.4, -0.2) is 53.0 Å². The Bertz CT molecular complexity index is 240. The van der Waals surface area contributed by atoms with Crippen LogP contribution in [0.3, 0.4) is 0 Å². The first-order valence-electron chi connectivity index (χ1n) is 6.32. The normalized spacial score (nSPS) is 30.4. The van der Waals surface area contributed by atoms with Crippen molar-refractivity contribution in [3.8, 4) is 0 Å². The summed E-state index contributed by atoms with van der Waals surface area (Å²) in [6.45, 7) is 10.9. The van der Waals surface area contributed by atoms with Crippen molar-refractivity contribution in [1.82, 2.24) is 4.90 Å². The molecular formula is C12H25NO3Si. The topological polar surface area (TPSA) is 30.9 Å². The van der Waals surface area contributed by atoms with Gasteiger partial charge < -0.3 is 18.5 Å². The Morgan fingerprint density at radius 2 is 2.35 bits per heavy atom. The van der Waals surface area contributed by atoms with Gasteiger partial charge in [-0.25, -0.2) is 0 Å². The van der Waals surface area contributed by atoms with Crippen molar-refractivity contribution < 1.29 is 13.6 Å². The van der Waals surface area contributed by atoms with Gasteiger partial charge in [0.2, 0.25) is 0 Å². The first-order valence-corrected chi connectivity index (χ1v) is 8.84. The average molecular weight is 259 g/mol. The molecule has 0 aromatic carbocycles. The minimum absolute atomic E-state index is 0.0847.